The molecule has 0 aliphatic carbocycles. The van der Waals surface area contributed by atoms with Gasteiger partial charge >= 0.3 is 0 Å². The molecule has 3 heterocycles. The number of hydrogen-bond acceptors (Lipinski definition) is 4. The molecular formula is C19H26ClN5O. The van der Waals surface area contributed by atoms with Gasteiger partial charge in [-0.1, -0.05) is 17.7 Å². The highest BCUT2D eigenvalue weighted by molar-refractivity contribution is 6.29. The summed E-state index contributed by atoms with van der Waals surface area (Å²) in [5.41, 5.74) is 1.14. The minimum atomic E-state index is 0.228. The summed E-state index contributed by atoms with van der Waals surface area (Å²) in [6.45, 7) is 3.76. The molecule has 6 nitrogen and oxygen atoms in total. The van der Waals surface area contributed by atoms with Crippen molar-refractivity contribution in [1.82, 2.24) is 20.5 Å². The van der Waals surface area contributed by atoms with E-state index in [2.05, 4.69) is 25.5 Å². The number of aromatic nitrogens is 1. The van der Waals surface area contributed by atoms with Crippen LogP contribution in [0, 0.1) is 0 Å². The first-order valence-corrected chi connectivity index (χ1v) is 9.46. The lowest BCUT2D eigenvalue weighted by atomic mass is 10.2. The average molecular weight is 376 g/mol. The molecule has 7 heteroatoms. The van der Waals surface area contributed by atoms with Crippen molar-refractivity contribution in [2.45, 2.75) is 25.3 Å². The molecule has 0 bridgehead atoms. The van der Waals surface area contributed by atoms with Crippen molar-refractivity contribution in [3.63, 3.8) is 0 Å². The Balaban J connectivity index is 1.49. The molecule has 26 heavy (non-hydrogen) atoms. The lowest BCUT2D eigenvalue weighted by Crippen LogP contribution is -2.43. The summed E-state index contributed by atoms with van der Waals surface area (Å²) >= 11 is 5.82. The molecule has 0 saturated carbocycles. The van der Waals surface area contributed by atoms with Gasteiger partial charge in [-0.15, -0.1) is 0 Å². The van der Waals surface area contributed by atoms with Crippen LogP contribution in [0.15, 0.2) is 46.1 Å². The zero-order valence-corrected chi connectivity index (χ0v) is 15.9. The van der Waals surface area contributed by atoms with Crippen LogP contribution in [-0.4, -0.2) is 49.1 Å². The molecule has 0 aromatic carbocycles. The Morgan fingerprint density at radius 1 is 1.31 bits per heavy atom. The highest BCUT2D eigenvalue weighted by Crippen LogP contribution is 2.24. The van der Waals surface area contributed by atoms with Gasteiger partial charge in [0.1, 0.15) is 10.9 Å². The summed E-state index contributed by atoms with van der Waals surface area (Å²) in [7, 11) is 1.79. The van der Waals surface area contributed by atoms with Crippen molar-refractivity contribution in [3.05, 3.63) is 53.2 Å². The third-order valence-corrected chi connectivity index (χ3v) is 4.86. The Morgan fingerprint density at radius 2 is 2.15 bits per heavy atom. The smallest absolute Gasteiger partial charge is 0.191 e. The molecule has 1 fully saturated rings. The molecule has 2 aromatic heterocycles. The second-order valence-electron chi connectivity index (χ2n) is 6.39. The molecule has 2 aromatic rings. The zero-order valence-electron chi connectivity index (χ0n) is 15.1. The molecule has 0 spiro atoms. The van der Waals surface area contributed by atoms with Crippen LogP contribution < -0.4 is 10.6 Å². The van der Waals surface area contributed by atoms with Crippen molar-refractivity contribution in [3.8, 4) is 0 Å². The van der Waals surface area contributed by atoms with E-state index in [1.165, 1.54) is 12.8 Å². The number of nitrogens with zero attached hydrogens (tertiary/aromatic N) is 3. The maximum atomic E-state index is 5.82. The van der Waals surface area contributed by atoms with Gasteiger partial charge in [0.15, 0.2) is 5.96 Å². The first-order valence-electron chi connectivity index (χ1n) is 9.08. The number of furan rings is 1. The van der Waals surface area contributed by atoms with E-state index in [4.69, 9.17) is 16.0 Å². The summed E-state index contributed by atoms with van der Waals surface area (Å²) in [6, 6.07) is 8.04. The molecule has 140 valence electrons. The fraction of sp³-hybridized carbons (Fsp3) is 0.474. The van der Waals surface area contributed by atoms with Crippen molar-refractivity contribution < 1.29 is 4.42 Å². The highest BCUT2D eigenvalue weighted by Gasteiger charge is 2.25. The molecule has 1 aliphatic rings. The van der Waals surface area contributed by atoms with Gasteiger partial charge in [0, 0.05) is 26.3 Å². The predicted molar refractivity (Wildman–Crippen MR) is 105 cm³/mol. The zero-order chi connectivity index (χ0) is 18.2. The van der Waals surface area contributed by atoms with Crippen LogP contribution in [0.3, 0.4) is 0 Å². The molecule has 1 aliphatic heterocycles. The standard InChI is InChI=1S/C19H26ClN5O/c1-21-19(22-9-8-15-6-7-18(20)23-13-15)24-14-16(17-5-4-12-26-17)25-10-2-3-11-25/h4-7,12-13,16H,2-3,8-11,14H2,1H3,(H2,21,22,24). The summed E-state index contributed by atoms with van der Waals surface area (Å²) in [5, 5.41) is 7.30. The van der Waals surface area contributed by atoms with Crippen LogP contribution in [-0.2, 0) is 6.42 Å². The van der Waals surface area contributed by atoms with Crippen LogP contribution in [0.5, 0.6) is 0 Å². The van der Waals surface area contributed by atoms with E-state index in [0.717, 1.165) is 49.9 Å². The van der Waals surface area contributed by atoms with E-state index in [-0.39, 0.29) is 6.04 Å². The Morgan fingerprint density at radius 3 is 2.81 bits per heavy atom. The van der Waals surface area contributed by atoms with Crippen LogP contribution in [0.25, 0.3) is 0 Å². The van der Waals surface area contributed by atoms with Crippen LogP contribution in [0.4, 0.5) is 0 Å². The lowest BCUT2D eigenvalue weighted by molar-refractivity contribution is 0.215. The van der Waals surface area contributed by atoms with E-state index in [1.807, 2.05) is 24.3 Å². The minimum Gasteiger partial charge on any atom is -0.468 e. The Labute approximate surface area is 159 Å². The summed E-state index contributed by atoms with van der Waals surface area (Å²) < 4.78 is 5.66. The van der Waals surface area contributed by atoms with Gasteiger partial charge in [-0.25, -0.2) is 4.98 Å². The number of aliphatic imine (C=N–C) groups is 1. The number of pyridine rings is 1. The number of hydrogen-bond donors (Lipinski definition) is 2. The topological polar surface area (TPSA) is 65.7 Å². The highest BCUT2D eigenvalue weighted by atomic mass is 35.5. The van der Waals surface area contributed by atoms with Gasteiger partial charge in [-0.3, -0.25) is 9.89 Å². The number of halogens is 1. The van der Waals surface area contributed by atoms with Gasteiger partial charge in [0.25, 0.3) is 0 Å². The fourth-order valence-electron chi connectivity index (χ4n) is 3.24. The third kappa shape index (κ3) is 5.22. The lowest BCUT2D eigenvalue weighted by Gasteiger charge is -2.26. The van der Waals surface area contributed by atoms with Crippen molar-refractivity contribution in [1.29, 1.82) is 0 Å². The molecule has 1 saturated heterocycles. The van der Waals surface area contributed by atoms with E-state index < -0.39 is 0 Å². The van der Waals surface area contributed by atoms with Gasteiger partial charge < -0.3 is 15.1 Å². The molecule has 1 atom stereocenters. The van der Waals surface area contributed by atoms with E-state index in [0.29, 0.717) is 5.15 Å². The number of rotatable bonds is 7. The number of nitrogens with one attached hydrogen (secondary N) is 2. The number of guanidine groups is 1. The maximum absolute atomic E-state index is 5.82. The second kappa shape index (κ2) is 9.59. The van der Waals surface area contributed by atoms with Crippen molar-refractivity contribution in [2.24, 2.45) is 4.99 Å². The molecule has 3 rings (SSSR count). The van der Waals surface area contributed by atoms with Gasteiger partial charge in [0.2, 0.25) is 0 Å². The quantitative estimate of drug-likeness (QED) is 0.442. The third-order valence-electron chi connectivity index (χ3n) is 4.63. The minimum absolute atomic E-state index is 0.228. The van der Waals surface area contributed by atoms with Gasteiger partial charge in [-0.2, -0.15) is 0 Å². The van der Waals surface area contributed by atoms with Crippen LogP contribution in [0.2, 0.25) is 5.15 Å². The number of likely N-dealkylation sites (tertiary alicyclic amines) is 1. The fourth-order valence-corrected chi connectivity index (χ4v) is 3.35. The summed E-state index contributed by atoms with van der Waals surface area (Å²) in [4.78, 5) is 10.9. The second-order valence-corrected chi connectivity index (χ2v) is 6.78. The summed E-state index contributed by atoms with van der Waals surface area (Å²) in [6.07, 6.45) is 6.91. The van der Waals surface area contributed by atoms with Crippen molar-refractivity contribution in [2.75, 3.05) is 33.2 Å². The first-order chi connectivity index (χ1) is 12.8. The van der Waals surface area contributed by atoms with Crippen LogP contribution >= 0.6 is 11.6 Å². The monoisotopic (exact) mass is 375 g/mol. The Kier molecular flexibility index (Phi) is 6.91. The molecular weight excluding hydrogens is 350 g/mol. The Bertz CT molecular complexity index is 680. The largest absolute Gasteiger partial charge is 0.468 e. The Hall–Kier alpha value is -2.05. The molecule has 0 radical (unpaired) electrons. The van der Waals surface area contributed by atoms with Crippen LogP contribution in [0.1, 0.15) is 30.2 Å². The van der Waals surface area contributed by atoms with E-state index in [1.54, 1.807) is 19.5 Å². The van der Waals surface area contributed by atoms with E-state index in [9.17, 15) is 0 Å². The first kappa shape index (κ1) is 18.7. The van der Waals surface area contributed by atoms with Gasteiger partial charge in [-0.05, 0) is 56.1 Å². The van der Waals surface area contributed by atoms with E-state index >= 15 is 0 Å². The van der Waals surface area contributed by atoms with Gasteiger partial charge in [0.05, 0.1) is 12.3 Å². The predicted octanol–water partition coefficient (Wildman–Crippen LogP) is 2.87. The molecule has 2 N–H and O–H groups in total. The van der Waals surface area contributed by atoms with Crippen molar-refractivity contribution >= 4 is 17.6 Å². The maximum Gasteiger partial charge on any atom is 0.191 e. The molecule has 0 amide bonds. The summed E-state index contributed by atoms with van der Waals surface area (Å²) in [5.74, 6) is 1.80. The molecule has 1 unspecified atom stereocenters. The average Bonchev–Trinajstić information content (AvgIpc) is 3.36. The SMILES string of the molecule is CN=C(NCCc1ccc(Cl)nc1)NCC(c1ccco1)N1CCCC1. The normalized spacial score (nSPS) is 16.6.